The van der Waals surface area contributed by atoms with Crippen LogP contribution in [0.3, 0.4) is 0 Å². The summed E-state index contributed by atoms with van der Waals surface area (Å²) >= 11 is 0. The van der Waals surface area contributed by atoms with Gasteiger partial charge in [0.25, 0.3) is 0 Å². The average molecular weight is 220 g/mol. The van der Waals surface area contributed by atoms with Crippen molar-refractivity contribution in [1.29, 1.82) is 0 Å². The van der Waals surface area contributed by atoms with Crippen LogP contribution in [0.25, 0.3) is 0 Å². The molecule has 0 saturated heterocycles. The standard InChI is InChI=1S/C10H8N2O4/c1-5(13)12-7(10(15)16)8(14)6-3-2-4-11-9(6)12/h2-4,7H,1H3,(H,15,16). The Labute approximate surface area is 90.5 Å². The predicted molar refractivity (Wildman–Crippen MR) is 53.2 cm³/mol. The average Bonchev–Trinajstić information content (AvgIpc) is 2.53. The number of anilines is 1. The fourth-order valence-corrected chi connectivity index (χ4v) is 1.72. The van der Waals surface area contributed by atoms with E-state index in [0.29, 0.717) is 0 Å². The van der Waals surface area contributed by atoms with Crippen molar-refractivity contribution in [2.45, 2.75) is 13.0 Å². The van der Waals surface area contributed by atoms with Crippen molar-refractivity contribution >= 4 is 23.5 Å². The van der Waals surface area contributed by atoms with Gasteiger partial charge in [-0.1, -0.05) is 0 Å². The number of amides is 1. The lowest BCUT2D eigenvalue weighted by atomic mass is 10.1. The number of carboxylic acids is 1. The van der Waals surface area contributed by atoms with Crippen LogP contribution >= 0.6 is 0 Å². The number of Topliss-reactive ketones (excluding diaryl/α,β-unsaturated/α-hetero) is 1. The minimum atomic E-state index is -1.48. The summed E-state index contributed by atoms with van der Waals surface area (Å²) in [5, 5.41) is 8.93. The molecule has 0 radical (unpaired) electrons. The van der Waals surface area contributed by atoms with Gasteiger partial charge in [0.15, 0.2) is 6.04 Å². The van der Waals surface area contributed by atoms with Crippen LogP contribution in [-0.4, -0.2) is 33.8 Å². The number of aromatic nitrogens is 1. The molecule has 6 nitrogen and oxygen atoms in total. The first-order chi connectivity index (χ1) is 7.54. The maximum absolute atomic E-state index is 11.7. The summed E-state index contributed by atoms with van der Waals surface area (Å²) in [6.45, 7) is 1.20. The van der Waals surface area contributed by atoms with Crippen LogP contribution in [0.1, 0.15) is 17.3 Å². The highest BCUT2D eigenvalue weighted by atomic mass is 16.4. The molecule has 1 aliphatic rings. The summed E-state index contributed by atoms with van der Waals surface area (Å²) in [7, 11) is 0. The van der Waals surface area contributed by atoms with Crippen molar-refractivity contribution in [1.82, 2.24) is 4.98 Å². The Morgan fingerprint density at radius 3 is 2.75 bits per heavy atom. The largest absolute Gasteiger partial charge is 0.479 e. The molecule has 82 valence electrons. The number of nitrogens with zero attached hydrogens (tertiary/aromatic N) is 2. The van der Waals surface area contributed by atoms with E-state index in [0.717, 1.165) is 4.90 Å². The minimum absolute atomic E-state index is 0.118. The van der Waals surface area contributed by atoms with E-state index < -0.39 is 23.7 Å². The van der Waals surface area contributed by atoms with E-state index in [4.69, 9.17) is 5.11 Å². The van der Waals surface area contributed by atoms with Crippen LogP contribution < -0.4 is 4.90 Å². The normalized spacial score (nSPS) is 18.4. The fraction of sp³-hybridized carbons (Fsp3) is 0.200. The van der Waals surface area contributed by atoms with Crippen LogP contribution in [0.15, 0.2) is 18.3 Å². The number of ketones is 1. The van der Waals surface area contributed by atoms with Gasteiger partial charge < -0.3 is 5.11 Å². The van der Waals surface area contributed by atoms with Crippen LogP contribution in [0.5, 0.6) is 0 Å². The molecular formula is C10H8N2O4. The summed E-state index contributed by atoms with van der Waals surface area (Å²) < 4.78 is 0. The molecule has 0 fully saturated rings. The number of hydrogen-bond donors (Lipinski definition) is 1. The van der Waals surface area contributed by atoms with Crippen molar-refractivity contribution in [3.8, 4) is 0 Å². The third-order valence-electron chi connectivity index (χ3n) is 2.36. The number of aliphatic carboxylic acids is 1. The first-order valence-corrected chi connectivity index (χ1v) is 4.56. The summed E-state index contributed by atoms with van der Waals surface area (Å²) in [5.41, 5.74) is 0.171. The highest BCUT2D eigenvalue weighted by molar-refractivity contribution is 6.24. The predicted octanol–water partition coefficient (Wildman–Crippen LogP) is 0.0840. The lowest BCUT2D eigenvalue weighted by Crippen LogP contribution is -2.44. The number of fused-ring (bicyclic) bond motifs is 1. The van der Waals surface area contributed by atoms with Gasteiger partial charge in [-0.2, -0.15) is 0 Å². The molecule has 1 unspecified atom stereocenters. The Bertz CT molecular complexity index is 497. The van der Waals surface area contributed by atoms with Crippen molar-refractivity contribution < 1.29 is 19.5 Å². The van der Waals surface area contributed by atoms with Gasteiger partial charge >= 0.3 is 5.97 Å². The number of carbonyl (C=O) groups is 3. The van der Waals surface area contributed by atoms with Crippen LogP contribution in [-0.2, 0) is 9.59 Å². The summed E-state index contributed by atoms with van der Waals surface area (Å²) in [6.07, 6.45) is 1.41. The summed E-state index contributed by atoms with van der Waals surface area (Å²) in [6, 6.07) is 1.51. The van der Waals surface area contributed by atoms with Crippen molar-refractivity contribution in [3.05, 3.63) is 23.9 Å². The lowest BCUT2D eigenvalue weighted by Gasteiger charge is -2.17. The van der Waals surface area contributed by atoms with Crippen LogP contribution in [0, 0.1) is 0 Å². The maximum Gasteiger partial charge on any atom is 0.335 e. The minimum Gasteiger partial charge on any atom is -0.479 e. The SMILES string of the molecule is CC(=O)N1c2ncccc2C(=O)C1C(=O)O. The van der Waals surface area contributed by atoms with Gasteiger partial charge in [-0.15, -0.1) is 0 Å². The van der Waals surface area contributed by atoms with E-state index in [1.54, 1.807) is 0 Å². The number of rotatable bonds is 1. The molecule has 6 heteroatoms. The Morgan fingerprint density at radius 1 is 1.50 bits per heavy atom. The molecule has 2 rings (SSSR count). The zero-order chi connectivity index (χ0) is 11.9. The number of hydrogen-bond acceptors (Lipinski definition) is 4. The van der Waals surface area contributed by atoms with E-state index in [2.05, 4.69) is 4.98 Å². The van der Waals surface area contributed by atoms with Gasteiger partial charge in [0.1, 0.15) is 5.82 Å². The molecule has 0 aliphatic carbocycles. The molecule has 16 heavy (non-hydrogen) atoms. The highest BCUT2D eigenvalue weighted by Gasteiger charge is 2.45. The monoisotopic (exact) mass is 220 g/mol. The van der Waals surface area contributed by atoms with E-state index in [1.165, 1.54) is 25.3 Å². The van der Waals surface area contributed by atoms with E-state index in [-0.39, 0.29) is 11.4 Å². The number of carboxylic acid groups (broad SMARTS) is 1. The molecule has 0 saturated carbocycles. The number of carbonyl (C=O) groups excluding carboxylic acids is 2. The maximum atomic E-state index is 11.7. The Hall–Kier alpha value is -2.24. The molecule has 0 aromatic carbocycles. The summed E-state index contributed by atoms with van der Waals surface area (Å²) in [4.78, 5) is 38.8. The second kappa shape index (κ2) is 3.41. The molecule has 1 N–H and O–H groups in total. The zero-order valence-corrected chi connectivity index (χ0v) is 8.38. The van der Waals surface area contributed by atoms with Gasteiger partial charge in [-0.05, 0) is 12.1 Å². The summed E-state index contributed by atoms with van der Waals surface area (Å²) in [5.74, 6) is -2.35. The van der Waals surface area contributed by atoms with E-state index >= 15 is 0 Å². The molecule has 1 atom stereocenters. The van der Waals surface area contributed by atoms with Crippen molar-refractivity contribution in [2.24, 2.45) is 0 Å². The molecule has 1 aromatic rings. The quantitative estimate of drug-likeness (QED) is 0.677. The highest BCUT2D eigenvalue weighted by Crippen LogP contribution is 2.29. The third kappa shape index (κ3) is 1.27. The molecule has 0 spiro atoms. The topological polar surface area (TPSA) is 87.6 Å². The first-order valence-electron chi connectivity index (χ1n) is 4.56. The van der Waals surface area contributed by atoms with Gasteiger partial charge in [-0.25, -0.2) is 9.78 Å². The van der Waals surface area contributed by atoms with Crippen molar-refractivity contribution in [2.75, 3.05) is 4.90 Å². The smallest absolute Gasteiger partial charge is 0.335 e. The van der Waals surface area contributed by atoms with Gasteiger partial charge in [-0.3, -0.25) is 14.5 Å². The first kappa shape index (κ1) is 10.3. The Balaban J connectivity index is 2.60. The number of pyridine rings is 1. The zero-order valence-electron chi connectivity index (χ0n) is 8.38. The van der Waals surface area contributed by atoms with E-state index in [9.17, 15) is 14.4 Å². The van der Waals surface area contributed by atoms with Gasteiger partial charge in [0.2, 0.25) is 11.7 Å². The fourth-order valence-electron chi connectivity index (χ4n) is 1.72. The molecule has 1 aliphatic heterocycles. The third-order valence-corrected chi connectivity index (χ3v) is 2.36. The van der Waals surface area contributed by atoms with Crippen molar-refractivity contribution in [3.63, 3.8) is 0 Å². The second-order valence-electron chi connectivity index (χ2n) is 3.37. The molecule has 0 bridgehead atoms. The molecule has 2 heterocycles. The lowest BCUT2D eigenvalue weighted by molar-refractivity contribution is -0.138. The molecule has 1 aromatic heterocycles. The van der Waals surface area contributed by atoms with Crippen LogP contribution in [0.4, 0.5) is 5.82 Å². The molecule has 1 amide bonds. The second-order valence-corrected chi connectivity index (χ2v) is 3.37. The molecular weight excluding hydrogens is 212 g/mol. The van der Waals surface area contributed by atoms with Crippen LogP contribution in [0.2, 0.25) is 0 Å². The van der Waals surface area contributed by atoms with Gasteiger partial charge in [0, 0.05) is 13.1 Å². The Morgan fingerprint density at radius 2 is 2.19 bits per heavy atom. The van der Waals surface area contributed by atoms with E-state index in [1.807, 2.05) is 0 Å². The Kier molecular flexibility index (Phi) is 2.19. The van der Waals surface area contributed by atoms with Gasteiger partial charge in [0.05, 0.1) is 5.56 Å².